The molecule has 1 aliphatic heterocycles. The number of methoxy groups -OCH3 is 1. The van der Waals surface area contributed by atoms with E-state index in [1.807, 2.05) is 12.1 Å². The van der Waals surface area contributed by atoms with Crippen molar-refractivity contribution >= 4 is 46.1 Å². The number of ketones is 1. The molecule has 9 heteroatoms. The van der Waals surface area contributed by atoms with E-state index in [9.17, 15) is 19.2 Å². The summed E-state index contributed by atoms with van der Waals surface area (Å²) in [6.07, 6.45) is 3.44. The Morgan fingerprint density at radius 1 is 1.21 bits per heavy atom. The first-order valence-corrected chi connectivity index (χ1v) is 11.7. The number of benzene rings is 1. The van der Waals surface area contributed by atoms with Crippen LogP contribution < -0.4 is 10.6 Å². The highest BCUT2D eigenvalue weighted by atomic mass is 35.5. The van der Waals surface area contributed by atoms with E-state index in [1.165, 1.54) is 7.11 Å². The summed E-state index contributed by atoms with van der Waals surface area (Å²) in [6, 6.07) is 6.23. The lowest BCUT2D eigenvalue weighted by molar-refractivity contribution is -0.146. The number of nitrogens with one attached hydrogen (secondary N) is 3. The molecular weight excluding hydrogens is 446 g/mol. The minimum absolute atomic E-state index is 0.0184. The Kier molecular flexibility index (Phi) is 7.02. The summed E-state index contributed by atoms with van der Waals surface area (Å²) in [4.78, 5) is 53.6. The van der Waals surface area contributed by atoms with E-state index in [2.05, 4.69) is 15.6 Å². The van der Waals surface area contributed by atoms with Gasteiger partial charge in [-0.1, -0.05) is 36.6 Å². The van der Waals surface area contributed by atoms with E-state index >= 15 is 0 Å². The molecule has 0 radical (unpaired) electrons. The Morgan fingerprint density at radius 2 is 2.00 bits per heavy atom. The second kappa shape index (κ2) is 9.95. The van der Waals surface area contributed by atoms with Crippen molar-refractivity contribution in [1.82, 2.24) is 15.6 Å². The summed E-state index contributed by atoms with van der Waals surface area (Å²) in [5.74, 6) is -1.79. The first-order valence-electron chi connectivity index (χ1n) is 11.3. The Balaban J connectivity index is 1.47. The van der Waals surface area contributed by atoms with Crippen LogP contribution in [-0.4, -0.2) is 48.2 Å². The zero-order valence-corrected chi connectivity index (χ0v) is 19.2. The number of fused-ring (bicyclic) bond motifs is 1. The molecule has 2 heterocycles. The second-order valence-electron chi connectivity index (χ2n) is 8.99. The van der Waals surface area contributed by atoms with Crippen molar-refractivity contribution in [1.29, 1.82) is 0 Å². The largest absolute Gasteiger partial charge is 0.467 e. The van der Waals surface area contributed by atoms with E-state index in [1.54, 1.807) is 12.1 Å². The van der Waals surface area contributed by atoms with Crippen LogP contribution >= 0.6 is 11.6 Å². The number of halogens is 1. The van der Waals surface area contributed by atoms with Crippen LogP contribution in [-0.2, 0) is 19.1 Å². The van der Waals surface area contributed by atoms with Gasteiger partial charge >= 0.3 is 5.97 Å². The minimum Gasteiger partial charge on any atom is -0.467 e. The normalized spacial score (nSPS) is 19.7. The number of aromatic nitrogens is 1. The minimum atomic E-state index is -0.931. The van der Waals surface area contributed by atoms with E-state index < -0.39 is 17.9 Å². The number of carbonyl (C=O) groups excluding carboxylic acids is 4. The first-order chi connectivity index (χ1) is 15.9. The zero-order valence-electron chi connectivity index (χ0n) is 18.5. The van der Waals surface area contributed by atoms with E-state index in [4.69, 9.17) is 16.3 Å². The number of hydrogen-bond donors (Lipinski definition) is 3. The van der Waals surface area contributed by atoms with Crippen LogP contribution in [0.15, 0.2) is 24.3 Å². The molecular formula is C24H28ClN3O5. The van der Waals surface area contributed by atoms with Crippen LogP contribution in [0.4, 0.5) is 0 Å². The monoisotopic (exact) mass is 473 g/mol. The van der Waals surface area contributed by atoms with Gasteiger partial charge in [-0.05, 0) is 37.3 Å². The fraction of sp³-hybridized carbons (Fsp3) is 0.500. The molecule has 2 amide bonds. The summed E-state index contributed by atoms with van der Waals surface area (Å²) in [5, 5.41) is 6.86. The highest BCUT2D eigenvalue weighted by Gasteiger charge is 2.36. The maximum Gasteiger partial charge on any atom is 0.328 e. The lowest BCUT2D eigenvalue weighted by atomic mass is 9.92. The third-order valence-electron chi connectivity index (χ3n) is 6.51. The summed E-state index contributed by atoms with van der Waals surface area (Å²) in [5.41, 5.74) is 1.09. The topological polar surface area (TPSA) is 117 Å². The predicted molar refractivity (Wildman–Crippen MR) is 123 cm³/mol. The van der Waals surface area contributed by atoms with Crippen molar-refractivity contribution in [2.75, 3.05) is 13.7 Å². The van der Waals surface area contributed by atoms with Crippen LogP contribution in [0.1, 0.15) is 49.0 Å². The molecule has 4 rings (SSSR count). The molecule has 2 aromatic rings. The Bertz CT molecular complexity index is 1080. The zero-order chi connectivity index (χ0) is 23.5. The fourth-order valence-corrected chi connectivity index (χ4v) is 4.67. The molecule has 1 aromatic carbocycles. The summed E-state index contributed by atoms with van der Waals surface area (Å²) < 4.78 is 4.86. The molecule has 2 aliphatic rings. The summed E-state index contributed by atoms with van der Waals surface area (Å²) in [7, 11) is 1.25. The maximum atomic E-state index is 13.2. The molecule has 3 N–H and O–H groups in total. The maximum absolute atomic E-state index is 13.2. The third-order valence-corrected chi connectivity index (χ3v) is 6.82. The molecule has 1 saturated carbocycles. The van der Waals surface area contributed by atoms with Gasteiger partial charge in [0, 0.05) is 30.2 Å². The highest BCUT2D eigenvalue weighted by molar-refractivity contribution is 6.35. The Labute approximate surface area is 196 Å². The molecule has 2 fully saturated rings. The van der Waals surface area contributed by atoms with Crippen molar-refractivity contribution in [3.8, 4) is 0 Å². The molecule has 3 atom stereocenters. The number of hydrogen-bond acceptors (Lipinski definition) is 5. The molecule has 0 unspecified atom stereocenters. The number of amides is 2. The molecule has 176 valence electrons. The molecule has 1 aromatic heterocycles. The number of carbonyl (C=O) groups is 4. The van der Waals surface area contributed by atoms with Crippen LogP contribution in [0.2, 0.25) is 5.02 Å². The smallest absolute Gasteiger partial charge is 0.328 e. The van der Waals surface area contributed by atoms with Gasteiger partial charge < -0.3 is 20.4 Å². The lowest BCUT2D eigenvalue weighted by Crippen LogP contribution is -2.46. The number of Topliss-reactive ketones (excluding diaryl/α,β-unsaturated/α-hetero) is 1. The van der Waals surface area contributed by atoms with Gasteiger partial charge in [0.2, 0.25) is 11.8 Å². The van der Waals surface area contributed by atoms with Crippen LogP contribution in [0.25, 0.3) is 10.9 Å². The van der Waals surface area contributed by atoms with Crippen LogP contribution in [0.5, 0.6) is 0 Å². The van der Waals surface area contributed by atoms with Crippen molar-refractivity contribution in [3.05, 3.63) is 35.0 Å². The SMILES string of the molecule is COC(=O)[C@H](C[C@@H]1CCNC1=O)NC(=O)[C@@H](CC(=O)c1cc2cccc(Cl)c2[nH]1)CC1CC1. The van der Waals surface area contributed by atoms with Gasteiger partial charge in [0.15, 0.2) is 5.78 Å². The molecule has 8 nitrogen and oxygen atoms in total. The van der Waals surface area contributed by atoms with Gasteiger partial charge in [0.25, 0.3) is 0 Å². The summed E-state index contributed by atoms with van der Waals surface area (Å²) in [6.45, 7) is 0.554. The number of esters is 1. The number of para-hydroxylation sites is 1. The van der Waals surface area contributed by atoms with Crippen molar-refractivity contribution in [2.24, 2.45) is 17.8 Å². The van der Waals surface area contributed by atoms with E-state index in [0.717, 1.165) is 18.2 Å². The fourth-order valence-electron chi connectivity index (χ4n) is 4.44. The van der Waals surface area contributed by atoms with Gasteiger partial charge in [-0.2, -0.15) is 0 Å². The average molecular weight is 474 g/mol. The molecule has 1 aliphatic carbocycles. The number of rotatable bonds is 10. The van der Waals surface area contributed by atoms with Crippen molar-refractivity contribution in [3.63, 3.8) is 0 Å². The standard InChI is InChI=1S/C24H28ClN3O5/c1-33-24(32)19(11-15-7-8-26-22(15)30)28-23(31)16(9-13-5-6-13)12-20(29)18-10-14-3-2-4-17(25)21(14)27-18/h2-4,10,13,15-16,19,27H,5-9,11-12H2,1H3,(H,26,30)(H,28,31)/t15-,16+,19-/m0/s1. The second-order valence-corrected chi connectivity index (χ2v) is 9.39. The molecule has 0 spiro atoms. The van der Waals surface area contributed by atoms with Crippen LogP contribution in [0, 0.1) is 17.8 Å². The molecule has 0 bridgehead atoms. The Hall–Kier alpha value is -2.87. The number of aromatic amines is 1. The highest BCUT2D eigenvalue weighted by Crippen LogP contribution is 2.37. The van der Waals surface area contributed by atoms with Gasteiger partial charge in [-0.15, -0.1) is 0 Å². The van der Waals surface area contributed by atoms with Gasteiger partial charge in [-0.3, -0.25) is 14.4 Å². The van der Waals surface area contributed by atoms with Crippen LogP contribution in [0.3, 0.4) is 0 Å². The number of H-pyrrole nitrogens is 1. The van der Waals surface area contributed by atoms with Crippen molar-refractivity contribution < 1.29 is 23.9 Å². The average Bonchev–Trinajstić information content (AvgIpc) is 3.35. The number of ether oxygens (including phenoxy) is 1. The molecule has 1 saturated heterocycles. The van der Waals surface area contributed by atoms with Gasteiger partial charge in [0.05, 0.1) is 23.3 Å². The van der Waals surface area contributed by atoms with E-state index in [0.29, 0.717) is 41.5 Å². The van der Waals surface area contributed by atoms with E-state index in [-0.39, 0.29) is 36.4 Å². The van der Waals surface area contributed by atoms with Gasteiger partial charge in [0.1, 0.15) is 6.04 Å². The van der Waals surface area contributed by atoms with Gasteiger partial charge in [-0.25, -0.2) is 4.79 Å². The molecule has 33 heavy (non-hydrogen) atoms. The van der Waals surface area contributed by atoms with Crippen molar-refractivity contribution in [2.45, 2.75) is 44.6 Å². The predicted octanol–water partition coefficient (Wildman–Crippen LogP) is 2.99. The first kappa shape index (κ1) is 23.3. The third kappa shape index (κ3) is 5.55. The quantitative estimate of drug-likeness (QED) is 0.362. The summed E-state index contributed by atoms with van der Waals surface area (Å²) >= 11 is 6.21. The Morgan fingerprint density at radius 3 is 2.64 bits per heavy atom. The lowest BCUT2D eigenvalue weighted by Gasteiger charge is -2.22.